The fraction of sp³-hybridized carbons (Fsp3) is 0.939. The first-order valence-electron chi connectivity index (χ1n) is 24.9. The highest BCUT2D eigenvalue weighted by Gasteiger charge is 2.18. The van der Waals surface area contributed by atoms with Crippen LogP contribution < -0.4 is 10.6 Å². The molecule has 0 aromatic carbocycles. The van der Waals surface area contributed by atoms with E-state index in [1.807, 2.05) is 0 Å². The Morgan fingerprint density at radius 2 is 0.842 bits per heavy atom. The molecule has 0 spiro atoms. The summed E-state index contributed by atoms with van der Waals surface area (Å²) in [6, 6.07) is -0.573. The van der Waals surface area contributed by atoms with Gasteiger partial charge >= 0.3 is 12.1 Å². The van der Waals surface area contributed by atoms with Gasteiger partial charge < -0.3 is 24.8 Å². The Morgan fingerprint density at radius 3 is 1.28 bits per heavy atom. The summed E-state index contributed by atoms with van der Waals surface area (Å²) in [7, 11) is 0. The smallest absolute Gasteiger partial charge is 0.407 e. The second-order valence-electron chi connectivity index (χ2n) is 17.0. The molecule has 0 aliphatic rings. The Balaban J connectivity index is 4.31. The zero-order valence-electron chi connectivity index (χ0n) is 38.4. The lowest BCUT2D eigenvalue weighted by atomic mass is 10.0. The predicted molar refractivity (Wildman–Crippen MR) is 241 cm³/mol. The maximum absolute atomic E-state index is 12.9. The number of carbonyl (C=O) groups is 3. The summed E-state index contributed by atoms with van der Waals surface area (Å²) in [5, 5.41) is 5.76. The molecule has 0 aromatic rings. The van der Waals surface area contributed by atoms with Crippen LogP contribution in [0.5, 0.6) is 0 Å². The van der Waals surface area contributed by atoms with Gasteiger partial charge in [0, 0.05) is 26.0 Å². The van der Waals surface area contributed by atoms with Gasteiger partial charge in [0.05, 0.1) is 12.1 Å². The third-order valence-corrected chi connectivity index (χ3v) is 11.2. The van der Waals surface area contributed by atoms with Crippen molar-refractivity contribution in [2.75, 3.05) is 26.4 Å². The van der Waals surface area contributed by atoms with Crippen molar-refractivity contribution in [3.63, 3.8) is 0 Å². The van der Waals surface area contributed by atoms with E-state index in [9.17, 15) is 14.4 Å². The molecule has 0 fully saturated rings. The first kappa shape index (κ1) is 55.2. The van der Waals surface area contributed by atoms with Crippen LogP contribution in [0.2, 0.25) is 0 Å². The van der Waals surface area contributed by atoms with Gasteiger partial charge in [-0.05, 0) is 39.0 Å². The fourth-order valence-electron chi connectivity index (χ4n) is 7.31. The summed E-state index contributed by atoms with van der Waals surface area (Å²) < 4.78 is 16.8. The molecule has 0 aliphatic carbocycles. The van der Waals surface area contributed by atoms with E-state index < -0.39 is 12.1 Å². The fourth-order valence-corrected chi connectivity index (χ4v) is 7.31. The lowest BCUT2D eigenvalue weighted by Crippen LogP contribution is -2.43. The number of rotatable bonds is 45. The molecule has 0 radical (unpaired) electrons. The lowest BCUT2D eigenvalue weighted by molar-refractivity contribution is -0.145. The highest BCUT2D eigenvalue weighted by atomic mass is 16.6. The zero-order valence-corrected chi connectivity index (χ0v) is 38.4. The van der Waals surface area contributed by atoms with Crippen LogP contribution in [0.15, 0.2) is 0 Å². The summed E-state index contributed by atoms with van der Waals surface area (Å²) in [5.74, 6) is -0.347. The van der Waals surface area contributed by atoms with Crippen LogP contribution in [-0.2, 0) is 23.8 Å². The van der Waals surface area contributed by atoms with E-state index >= 15 is 0 Å². The SMILES string of the molecule is CCCCCCCCCCCCCCCCCC(=O)NC(COC(=O)CCCCCCCCCCCCCCCCC)COC(=O)NCCCC(C)OCCCC. The van der Waals surface area contributed by atoms with Gasteiger partial charge in [-0.15, -0.1) is 0 Å². The number of amides is 2. The number of alkyl carbamates (subject to hydrolysis) is 1. The second kappa shape index (κ2) is 45.3. The van der Waals surface area contributed by atoms with Crippen LogP contribution in [-0.4, -0.2) is 56.5 Å². The first-order chi connectivity index (χ1) is 27.9. The molecule has 0 bridgehead atoms. The quantitative estimate of drug-likeness (QED) is 0.0469. The molecule has 2 amide bonds. The monoisotopic (exact) mass is 809 g/mol. The molecule has 2 atom stereocenters. The maximum atomic E-state index is 12.9. The molecule has 0 rings (SSSR count). The van der Waals surface area contributed by atoms with Crippen LogP contribution in [0.4, 0.5) is 4.79 Å². The van der Waals surface area contributed by atoms with Gasteiger partial charge in [0.1, 0.15) is 13.2 Å². The Bertz CT molecular complexity index is 871. The van der Waals surface area contributed by atoms with Crippen molar-refractivity contribution in [3.8, 4) is 0 Å². The van der Waals surface area contributed by atoms with Gasteiger partial charge in [0.25, 0.3) is 0 Å². The summed E-state index contributed by atoms with van der Waals surface area (Å²) in [6.07, 6.45) is 42.7. The minimum absolute atomic E-state index is 0.00205. The minimum atomic E-state index is -0.573. The molecule has 8 nitrogen and oxygen atoms in total. The van der Waals surface area contributed by atoms with Crippen LogP contribution in [0, 0.1) is 0 Å². The van der Waals surface area contributed by atoms with E-state index in [1.165, 1.54) is 154 Å². The Hall–Kier alpha value is -1.83. The van der Waals surface area contributed by atoms with E-state index in [0.29, 0.717) is 19.4 Å². The molecular weight excluding hydrogens is 713 g/mol. The van der Waals surface area contributed by atoms with Gasteiger partial charge in [-0.2, -0.15) is 0 Å². The number of nitrogens with one attached hydrogen (secondary N) is 2. The van der Waals surface area contributed by atoms with Gasteiger partial charge in [0.2, 0.25) is 5.91 Å². The first-order valence-corrected chi connectivity index (χ1v) is 24.9. The minimum Gasteiger partial charge on any atom is -0.463 e. The van der Waals surface area contributed by atoms with E-state index in [-0.39, 0.29) is 31.2 Å². The van der Waals surface area contributed by atoms with Gasteiger partial charge in [-0.25, -0.2) is 4.79 Å². The molecule has 0 saturated carbocycles. The largest absolute Gasteiger partial charge is 0.463 e. The maximum Gasteiger partial charge on any atom is 0.407 e. The third-order valence-electron chi connectivity index (χ3n) is 11.2. The van der Waals surface area contributed by atoms with E-state index in [1.54, 1.807) is 0 Å². The van der Waals surface area contributed by atoms with Crippen LogP contribution in [0.3, 0.4) is 0 Å². The molecule has 0 heterocycles. The van der Waals surface area contributed by atoms with Crippen molar-refractivity contribution in [1.82, 2.24) is 10.6 Å². The van der Waals surface area contributed by atoms with Crippen LogP contribution >= 0.6 is 0 Å². The number of unbranched alkanes of at least 4 members (excludes halogenated alkanes) is 29. The standard InChI is InChI=1S/C49H96N2O6/c1-5-8-11-13-15-17-19-21-23-25-27-29-31-33-35-39-47(52)51-46(44-57-49(54)50-41-37-38-45(4)55-42-10-7-3)43-56-48(53)40-36-34-32-30-28-26-24-22-20-18-16-14-12-9-6-2/h45-46H,5-44H2,1-4H3,(H,50,54)(H,51,52). The molecule has 0 saturated heterocycles. The molecule has 2 N–H and O–H groups in total. The molecule has 2 unspecified atom stereocenters. The van der Waals surface area contributed by atoms with Crippen molar-refractivity contribution in [2.24, 2.45) is 0 Å². The van der Waals surface area contributed by atoms with Gasteiger partial charge in [0.15, 0.2) is 0 Å². The van der Waals surface area contributed by atoms with Crippen molar-refractivity contribution < 1.29 is 28.6 Å². The zero-order chi connectivity index (χ0) is 41.7. The molecular formula is C49H96N2O6. The van der Waals surface area contributed by atoms with Crippen LogP contribution in [0.1, 0.15) is 259 Å². The molecule has 338 valence electrons. The molecule has 0 aromatic heterocycles. The van der Waals surface area contributed by atoms with E-state index in [0.717, 1.165) is 70.8 Å². The third kappa shape index (κ3) is 43.6. The highest BCUT2D eigenvalue weighted by molar-refractivity contribution is 5.76. The second-order valence-corrected chi connectivity index (χ2v) is 17.0. The summed E-state index contributed by atoms with van der Waals surface area (Å²) in [5.41, 5.74) is 0. The number of hydrogen-bond acceptors (Lipinski definition) is 6. The van der Waals surface area contributed by atoms with Crippen molar-refractivity contribution in [3.05, 3.63) is 0 Å². The normalized spacial score (nSPS) is 12.4. The topological polar surface area (TPSA) is 103 Å². The molecule has 57 heavy (non-hydrogen) atoms. The Morgan fingerprint density at radius 1 is 0.456 bits per heavy atom. The summed E-state index contributed by atoms with van der Waals surface area (Å²) in [6.45, 7) is 9.97. The van der Waals surface area contributed by atoms with E-state index in [4.69, 9.17) is 14.2 Å². The number of esters is 1. The summed E-state index contributed by atoms with van der Waals surface area (Å²) in [4.78, 5) is 37.9. The Labute approximate surface area is 353 Å². The average Bonchev–Trinajstić information content (AvgIpc) is 3.20. The van der Waals surface area contributed by atoms with Gasteiger partial charge in [-0.3, -0.25) is 9.59 Å². The van der Waals surface area contributed by atoms with Crippen LogP contribution in [0.25, 0.3) is 0 Å². The van der Waals surface area contributed by atoms with E-state index in [2.05, 4.69) is 38.3 Å². The predicted octanol–water partition coefficient (Wildman–Crippen LogP) is 14.2. The van der Waals surface area contributed by atoms with Crippen molar-refractivity contribution in [1.29, 1.82) is 0 Å². The van der Waals surface area contributed by atoms with Crippen molar-refractivity contribution in [2.45, 2.75) is 271 Å². The lowest BCUT2D eigenvalue weighted by Gasteiger charge is -2.19. The van der Waals surface area contributed by atoms with Crippen molar-refractivity contribution >= 4 is 18.0 Å². The number of hydrogen-bond donors (Lipinski definition) is 2. The highest BCUT2D eigenvalue weighted by Crippen LogP contribution is 2.16. The average molecular weight is 809 g/mol. The molecule has 0 aliphatic heterocycles. The number of carbonyl (C=O) groups excluding carboxylic acids is 3. The summed E-state index contributed by atoms with van der Waals surface area (Å²) >= 11 is 0. The van der Waals surface area contributed by atoms with Gasteiger partial charge in [-0.1, -0.05) is 207 Å². The Kier molecular flexibility index (Phi) is 43.8. The molecule has 8 heteroatoms. The number of ether oxygens (including phenoxy) is 3.